The van der Waals surface area contributed by atoms with Gasteiger partial charge >= 0.3 is 0 Å². The zero-order valence-electron chi connectivity index (χ0n) is 11.6. The van der Waals surface area contributed by atoms with Crippen molar-refractivity contribution in [1.82, 2.24) is 5.32 Å². The molecule has 0 heterocycles. The van der Waals surface area contributed by atoms with E-state index in [1.165, 1.54) is 11.1 Å². The van der Waals surface area contributed by atoms with Crippen molar-refractivity contribution in [3.63, 3.8) is 0 Å². The predicted molar refractivity (Wildman–Crippen MR) is 79.6 cm³/mol. The molecule has 0 radical (unpaired) electrons. The van der Waals surface area contributed by atoms with Gasteiger partial charge in [0.2, 0.25) is 0 Å². The average Bonchev–Trinajstić information content (AvgIpc) is 2.49. The SMILES string of the molecule is COc1ccc(CNCC(C)c2ccccc2)cc1. The van der Waals surface area contributed by atoms with Crippen LogP contribution in [0.5, 0.6) is 5.75 Å². The number of hydrogen-bond acceptors (Lipinski definition) is 2. The molecule has 0 fully saturated rings. The third kappa shape index (κ3) is 4.11. The minimum Gasteiger partial charge on any atom is -0.497 e. The van der Waals surface area contributed by atoms with Crippen molar-refractivity contribution in [1.29, 1.82) is 0 Å². The van der Waals surface area contributed by atoms with Gasteiger partial charge in [0.25, 0.3) is 0 Å². The fourth-order valence-electron chi connectivity index (χ4n) is 2.08. The van der Waals surface area contributed by atoms with Gasteiger partial charge in [-0.3, -0.25) is 0 Å². The summed E-state index contributed by atoms with van der Waals surface area (Å²) in [5.74, 6) is 1.43. The Balaban J connectivity index is 1.79. The second-order valence-corrected chi connectivity index (χ2v) is 4.79. The lowest BCUT2D eigenvalue weighted by atomic mass is 10.0. The highest BCUT2D eigenvalue weighted by Gasteiger charge is 2.03. The quantitative estimate of drug-likeness (QED) is 0.851. The smallest absolute Gasteiger partial charge is 0.118 e. The molecular formula is C17H21NO. The second-order valence-electron chi connectivity index (χ2n) is 4.79. The standard InChI is InChI=1S/C17H21NO/c1-14(16-6-4-3-5-7-16)12-18-13-15-8-10-17(19-2)11-9-15/h3-11,14,18H,12-13H2,1-2H3. The third-order valence-corrected chi connectivity index (χ3v) is 3.31. The monoisotopic (exact) mass is 255 g/mol. The first-order valence-electron chi connectivity index (χ1n) is 6.68. The minimum atomic E-state index is 0.527. The molecular weight excluding hydrogens is 234 g/mol. The summed E-state index contributed by atoms with van der Waals surface area (Å²) in [6.45, 7) is 4.12. The number of nitrogens with one attached hydrogen (secondary N) is 1. The van der Waals surface area contributed by atoms with Gasteiger partial charge in [0.1, 0.15) is 5.75 Å². The van der Waals surface area contributed by atoms with Crippen molar-refractivity contribution in [3.05, 3.63) is 65.7 Å². The maximum atomic E-state index is 5.15. The lowest BCUT2D eigenvalue weighted by Gasteiger charge is -2.13. The summed E-state index contributed by atoms with van der Waals surface area (Å²) in [7, 11) is 1.69. The van der Waals surface area contributed by atoms with E-state index < -0.39 is 0 Å². The maximum absolute atomic E-state index is 5.15. The van der Waals surface area contributed by atoms with Gasteiger partial charge in [-0.15, -0.1) is 0 Å². The molecule has 0 bridgehead atoms. The lowest BCUT2D eigenvalue weighted by molar-refractivity contribution is 0.414. The van der Waals surface area contributed by atoms with E-state index in [1.54, 1.807) is 7.11 Å². The van der Waals surface area contributed by atoms with Crippen molar-refractivity contribution >= 4 is 0 Å². The molecule has 0 amide bonds. The van der Waals surface area contributed by atoms with Gasteiger partial charge in [0.05, 0.1) is 7.11 Å². The molecule has 1 unspecified atom stereocenters. The Hall–Kier alpha value is -1.80. The zero-order chi connectivity index (χ0) is 13.5. The largest absolute Gasteiger partial charge is 0.497 e. The molecule has 2 heteroatoms. The molecule has 0 saturated carbocycles. The number of hydrogen-bond donors (Lipinski definition) is 1. The van der Waals surface area contributed by atoms with Crippen LogP contribution >= 0.6 is 0 Å². The fraction of sp³-hybridized carbons (Fsp3) is 0.294. The van der Waals surface area contributed by atoms with Crippen LogP contribution in [-0.2, 0) is 6.54 Å². The van der Waals surface area contributed by atoms with E-state index in [2.05, 4.69) is 54.7 Å². The van der Waals surface area contributed by atoms with Crippen molar-refractivity contribution in [2.24, 2.45) is 0 Å². The normalized spacial score (nSPS) is 12.1. The lowest BCUT2D eigenvalue weighted by Crippen LogP contribution is -2.19. The number of benzene rings is 2. The van der Waals surface area contributed by atoms with Gasteiger partial charge in [-0.2, -0.15) is 0 Å². The van der Waals surface area contributed by atoms with Gasteiger partial charge in [-0.05, 0) is 29.2 Å². The molecule has 2 rings (SSSR count). The summed E-state index contributed by atoms with van der Waals surface area (Å²) in [4.78, 5) is 0. The second kappa shape index (κ2) is 6.95. The Bertz CT molecular complexity index is 478. The van der Waals surface area contributed by atoms with Crippen LogP contribution < -0.4 is 10.1 Å². The van der Waals surface area contributed by atoms with Gasteiger partial charge in [-0.1, -0.05) is 49.4 Å². The Morgan fingerprint density at radius 3 is 2.32 bits per heavy atom. The first kappa shape index (κ1) is 13.6. The highest BCUT2D eigenvalue weighted by atomic mass is 16.5. The fourth-order valence-corrected chi connectivity index (χ4v) is 2.08. The van der Waals surface area contributed by atoms with Crippen molar-refractivity contribution in [3.8, 4) is 5.75 Å². The summed E-state index contributed by atoms with van der Waals surface area (Å²) in [6.07, 6.45) is 0. The van der Waals surface area contributed by atoms with Crippen molar-refractivity contribution in [2.45, 2.75) is 19.4 Å². The highest BCUT2D eigenvalue weighted by Crippen LogP contribution is 2.14. The molecule has 0 aliphatic rings. The van der Waals surface area contributed by atoms with E-state index in [-0.39, 0.29) is 0 Å². The Morgan fingerprint density at radius 1 is 1.00 bits per heavy atom. The molecule has 1 atom stereocenters. The zero-order valence-corrected chi connectivity index (χ0v) is 11.6. The van der Waals surface area contributed by atoms with Crippen molar-refractivity contribution < 1.29 is 4.74 Å². The number of ether oxygens (including phenoxy) is 1. The molecule has 19 heavy (non-hydrogen) atoms. The van der Waals surface area contributed by atoms with E-state index in [0.29, 0.717) is 5.92 Å². The summed E-state index contributed by atoms with van der Waals surface area (Å²) in [5.41, 5.74) is 2.66. The van der Waals surface area contributed by atoms with Crippen LogP contribution in [0.25, 0.3) is 0 Å². The average molecular weight is 255 g/mol. The van der Waals surface area contributed by atoms with Crippen LogP contribution in [0.1, 0.15) is 24.0 Å². The topological polar surface area (TPSA) is 21.3 Å². The van der Waals surface area contributed by atoms with Crippen LogP contribution in [-0.4, -0.2) is 13.7 Å². The van der Waals surface area contributed by atoms with Gasteiger partial charge in [0, 0.05) is 13.1 Å². The molecule has 1 N–H and O–H groups in total. The molecule has 0 aliphatic heterocycles. The molecule has 2 aromatic carbocycles. The van der Waals surface area contributed by atoms with E-state index in [4.69, 9.17) is 4.74 Å². The molecule has 2 nitrogen and oxygen atoms in total. The van der Waals surface area contributed by atoms with Gasteiger partial charge in [-0.25, -0.2) is 0 Å². The van der Waals surface area contributed by atoms with E-state index in [0.717, 1.165) is 18.8 Å². The summed E-state index contributed by atoms with van der Waals surface area (Å²) in [6, 6.07) is 18.8. The Labute approximate surface area is 115 Å². The molecule has 0 spiro atoms. The summed E-state index contributed by atoms with van der Waals surface area (Å²) in [5, 5.41) is 3.50. The number of rotatable bonds is 6. The van der Waals surface area contributed by atoms with Crippen LogP contribution in [0.15, 0.2) is 54.6 Å². The maximum Gasteiger partial charge on any atom is 0.118 e. The predicted octanol–water partition coefficient (Wildman–Crippen LogP) is 3.59. The van der Waals surface area contributed by atoms with Crippen LogP contribution in [0, 0.1) is 0 Å². The molecule has 100 valence electrons. The van der Waals surface area contributed by atoms with Gasteiger partial charge < -0.3 is 10.1 Å². The van der Waals surface area contributed by atoms with Gasteiger partial charge in [0.15, 0.2) is 0 Å². The van der Waals surface area contributed by atoms with Crippen LogP contribution in [0.4, 0.5) is 0 Å². The van der Waals surface area contributed by atoms with E-state index >= 15 is 0 Å². The molecule has 0 aromatic heterocycles. The highest BCUT2D eigenvalue weighted by molar-refractivity contribution is 5.27. The first-order chi connectivity index (χ1) is 9.29. The minimum absolute atomic E-state index is 0.527. The van der Waals surface area contributed by atoms with Crippen molar-refractivity contribution in [2.75, 3.05) is 13.7 Å². The first-order valence-corrected chi connectivity index (χ1v) is 6.68. The molecule has 0 saturated heterocycles. The van der Waals surface area contributed by atoms with E-state index in [1.807, 2.05) is 12.1 Å². The molecule has 0 aliphatic carbocycles. The molecule has 2 aromatic rings. The summed E-state index contributed by atoms with van der Waals surface area (Å²) < 4.78 is 5.15. The Morgan fingerprint density at radius 2 is 1.68 bits per heavy atom. The third-order valence-electron chi connectivity index (χ3n) is 3.31. The Kier molecular flexibility index (Phi) is 4.99. The van der Waals surface area contributed by atoms with Crippen LogP contribution in [0.3, 0.4) is 0 Å². The summed E-state index contributed by atoms with van der Waals surface area (Å²) >= 11 is 0. The van der Waals surface area contributed by atoms with E-state index in [9.17, 15) is 0 Å². The van der Waals surface area contributed by atoms with Crippen LogP contribution in [0.2, 0.25) is 0 Å². The number of methoxy groups -OCH3 is 1.